The highest BCUT2D eigenvalue weighted by Crippen LogP contribution is 2.20. The molecule has 0 fully saturated rings. The van der Waals surface area contributed by atoms with Gasteiger partial charge in [0.05, 0.1) is 0 Å². The van der Waals surface area contributed by atoms with Gasteiger partial charge < -0.3 is 0 Å². The van der Waals surface area contributed by atoms with Gasteiger partial charge in [-0.15, -0.1) is 0 Å². The third-order valence-corrected chi connectivity index (χ3v) is 6.85. The minimum atomic E-state index is -0.875. The topological polar surface area (TPSA) is 12.4 Å². The molecule has 16 heavy (non-hydrogen) atoms. The molecule has 0 aliphatic carbocycles. The zero-order valence-corrected chi connectivity index (χ0v) is 13.4. The fraction of sp³-hybridized carbons (Fsp3) is 0.923. The Labute approximate surface area is 107 Å². The molecular formula is C13H29NSSi. The van der Waals surface area contributed by atoms with Crippen LogP contribution in [0.25, 0.3) is 0 Å². The summed E-state index contributed by atoms with van der Waals surface area (Å²) in [5.41, 5.74) is 0. The molecule has 0 rings (SSSR count). The molecule has 1 nitrogen and oxygen atoms in total. The van der Waals surface area contributed by atoms with Crippen molar-refractivity contribution in [1.29, 1.82) is 0 Å². The van der Waals surface area contributed by atoms with E-state index in [2.05, 4.69) is 49.0 Å². The van der Waals surface area contributed by atoms with Gasteiger partial charge in [0.1, 0.15) is 7.22 Å². The number of aliphatic imine (C=N–C) groups is 1. The molecule has 0 bridgehead atoms. The molecule has 96 valence electrons. The van der Waals surface area contributed by atoms with E-state index in [1.165, 1.54) is 44.3 Å². The third kappa shape index (κ3) is 14.2. The first-order chi connectivity index (χ1) is 7.56. The lowest BCUT2D eigenvalue weighted by Gasteiger charge is -2.13. The van der Waals surface area contributed by atoms with Gasteiger partial charge in [-0.05, 0) is 31.2 Å². The van der Waals surface area contributed by atoms with Crippen molar-refractivity contribution >= 4 is 24.6 Å². The Morgan fingerprint density at radius 1 is 1.06 bits per heavy atom. The molecule has 0 aromatic heterocycles. The summed E-state index contributed by atoms with van der Waals surface area (Å²) in [5, 5.41) is 0. The van der Waals surface area contributed by atoms with E-state index in [0.717, 1.165) is 6.54 Å². The van der Waals surface area contributed by atoms with Crippen molar-refractivity contribution in [3.05, 3.63) is 0 Å². The Morgan fingerprint density at radius 2 is 1.81 bits per heavy atom. The number of nitrogens with zero attached hydrogens (tertiary/aromatic N) is 1. The molecule has 0 aromatic rings. The maximum atomic E-state index is 4.45. The van der Waals surface area contributed by atoms with Crippen LogP contribution >= 0.6 is 11.2 Å². The number of hydrogen-bond donors (Lipinski definition) is 0. The summed E-state index contributed by atoms with van der Waals surface area (Å²) >= 11 is 2.19. The van der Waals surface area contributed by atoms with E-state index in [1.54, 1.807) is 0 Å². The van der Waals surface area contributed by atoms with E-state index in [1.807, 2.05) is 0 Å². The summed E-state index contributed by atoms with van der Waals surface area (Å²) < 4.78 is 0. The van der Waals surface area contributed by atoms with Crippen LogP contribution < -0.4 is 0 Å². The molecule has 0 heterocycles. The molecule has 0 atom stereocenters. The predicted octanol–water partition coefficient (Wildman–Crippen LogP) is 4.99. The monoisotopic (exact) mass is 259 g/mol. The minimum Gasteiger partial charge on any atom is -0.298 e. The Balaban J connectivity index is 3.16. The number of hydrogen-bond acceptors (Lipinski definition) is 2. The Morgan fingerprint density at radius 3 is 2.44 bits per heavy atom. The molecule has 0 amide bonds. The summed E-state index contributed by atoms with van der Waals surface area (Å²) in [6, 6.07) is 0. The van der Waals surface area contributed by atoms with Gasteiger partial charge in [-0.2, -0.15) is 11.2 Å². The normalized spacial score (nSPS) is 12.5. The Hall–Kier alpha value is 0.237. The molecule has 0 aliphatic heterocycles. The van der Waals surface area contributed by atoms with Gasteiger partial charge in [0.25, 0.3) is 0 Å². The molecule has 0 aliphatic rings. The second kappa shape index (κ2) is 10.4. The largest absolute Gasteiger partial charge is 0.298 e. The van der Waals surface area contributed by atoms with Gasteiger partial charge in [-0.3, -0.25) is 4.99 Å². The molecule has 0 saturated heterocycles. The summed E-state index contributed by atoms with van der Waals surface area (Å²) in [6.07, 6.45) is 9.91. The first-order valence-electron chi connectivity index (χ1n) is 6.68. The van der Waals surface area contributed by atoms with Crippen LogP contribution in [0.1, 0.15) is 45.4 Å². The van der Waals surface area contributed by atoms with E-state index in [9.17, 15) is 0 Å². The highest BCUT2D eigenvalue weighted by molar-refractivity contribution is 8.28. The van der Waals surface area contributed by atoms with Crippen molar-refractivity contribution in [2.24, 2.45) is 4.99 Å². The lowest BCUT2D eigenvalue weighted by molar-refractivity contribution is 0.675. The maximum absolute atomic E-state index is 4.45. The lowest BCUT2D eigenvalue weighted by Crippen LogP contribution is -2.14. The first kappa shape index (κ1) is 16.2. The van der Waals surface area contributed by atoms with Crippen molar-refractivity contribution in [3.8, 4) is 0 Å². The third-order valence-electron chi connectivity index (χ3n) is 2.28. The molecule has 0 spiro atoms. The van der Waals surface area contributed by atoms with E-state index in [0.29, 0.717) is 0 Å². The van der Waals surface area contributed by atoms with E-state index in [4.69, 9.17) is 0 Å². The van der Waals surface area contributed by atoms with Gasteiger partial charge >= 0.3 is 0 Å². The van der Waals surface area contributed by atoms with Gasteiger partial charge in [-0.25, -0.2) is 0 Å². The van der Waals surface area contributed by atoms with Crippen LogP contribution in [0.3, 0.4) is 0 Å². The second-order valence-electron chi connectivity index (χ2n) is 5.25. The summed E-state index contributed by atoms with van der Waals surface area (Å²) in [5.74, 6) is 1.32. The fourth-order valence-corrected chi connectivity index (χ4v) is 4.56. The van der Waals surface area contributed by atoms with Crippen LogP contribution in [0.2, 0.25) is 19.6 Å². The molecule has 3 heteroatoms. The number of unbranched alkanes of at least 4 members (excludes halogenated alkanes) is 4. The van der Waals surface area contributed by atoms with Crippen molar-refractivity contribution in [3.63, 3.8) is 0 Å². The second-order valence-corrected chi connectivity index (χ2v) is 14.7. The highest BCUT2D eigenvalue weighted by atomic mass is 32.4. The van der Waals surface area contributed by atoms with E-state index in [-0.39, 0.29) is 0 Å². The Bertz CT molecular complexity index is 175. The van der Waals surface area contributed by atoms with Crippen molar-refractivity contribution in [2.75, 3.05) is 12.3 Å². The van der Waals surface area contributed by atoms with Gasteiger partial charge in [0.15, 0.2) is 0 Å². The Kier molecular flexibility index (Phi) is 10.5. The van der Waals surface area contributed by atoms with Gasteiger partial charge in [0, 0.05) is 6.54 Å². The van der Waals surface area contributed by atoms with Crippen LogP contribution in [0.15, 0.2) is 4.99 Å². The highest BCUT2D eigenvalue weighted by Gasteiger charge is 2.11. The zero-order valence-electron chi connectivity index (χ0n) is 11.6. The average Bonchev–Trinajstić information content (AvgIpc) is 2.19. The van der Waals surface area contributed by atoms with Gasteiger partial charge in [0.2, 0.25) is 0 Å². The van der Waals surface area contributed by atoms with Crippen molar-refractivity contribution < 1.29 is 0 Å². The molecule has 0 N–H and O–H groups in total. The van der Waals surface area contributed by atoms with Crippen molar-refractivity contribution in [1.82, 2.24) is 0 Å². The van der Waals surface area contributed by atoms with Crippen LogP contribution in [-0.4, -0.2) is 25.7 Å². The van der Waals surface area contributed by atoms with Crippen molar-refractivity contribution in [2.45, 2.75) is 65.1 Å². The number of rotatable bonds is 10. The van der Waals surface area contributed by atoms with Crippen LogP contribution in [0.5, 0.6) is 0 Å². The van der Waals surface area contributed by atoms with E-state index >= 15 is 0 Å². The fourth-order valence-electron chi connectivity index (χ4n) is 1.37. The van der Waals surface area contributed by atoms with Crippen LogP contribution in [0, 0.1) is 0 Å². The average molecular weight is 260 g/mol. The standard InChI is InChI=1S/C13H29NSSi/c1-5-6-7-8-11-14-12-9-10-13-15-16(2,3)4/h12H,5-11,13H2,1-4H3. The molecule has 0 radical (unpaired) electrons. The summed E-state index contributed by atoms with van der Waals surface area (Å²) in [6.45, 7) is 10.5. The molecule has 0 unspecified atom stereocenters. The molecule has 0 aromatic carbocycles. The van der Waals surface area contributed by atoms with Crippen LogP contribution in [0.4, 0.5) is 0 Å². The predicted molar refractivity (Wildman–Crippen MR) is 82.5 cm³/mol. The van der Waals surface area contributed by atoms with E-state index < -0.39 is 7.22 Å². The zero-order chi connectivity index (χ0) is 12.3. The van der Waals surface area contributed by atoms with Crippen LogP contribution in [-0.2, 0) is 0 Å². The first-order valence-corrected chi connectivity index (χ1v) is 11.9. The smallest absolute Gasteiger partial charge is 0.108 e. The quantitative estimate of drug-likeness (QED) is 0.306. The molecular weight excluding hydrogens is 230 g/mol. The SMILES string of the molecule is CCCCCCN=CCCCS[Si](C)(C)C. The summed E-state index contributed by atoms with van der Waals surface area (Å²) in [7, 11) is -0.875. The molecule has 0 saturated carbocycles. The maximum Gasteiger partial charge on any atom is 0.108 e. The minimum absolute atomic E-state index is 0.875. The summed E-state index contributed by atoms with van der Waals surface area (Å²) in [4.78, 5) is 4.45. The lowest BCUT2D eigenvalue weighted by atomic mass is 10.2. The van der Waals surface area contributed by atoms with Gasteiger partial charge in [-0.1, -0.05) is 45.8 Å².